The van der Waals surface area contributed by atoms with Gasteiger partial charge in [-0.25, -0.2) is 4.79 Å². The van der Waals surface area contributed by atoms with E-state index in [0.717, 1.165) is 35.5 Å². The van der Waals surface area contributed by atoms with Gasteiger partial charge in [0.2, 0.25) is 0 Å². The van der Waals surface area contributed by atoms with Crippen molar-refractivity contribution in [3.8, 4) is 0 Å². The molecule has 3 aromatic carbocycles. The van der Waals surface area contributed by atoms with Crippen LogP contribution in [0.5, 0.6) is 0 Å². The molecule has 4 nitrogen and oxygen atoms in total. The number of ketones is 1. The van der Waals surface area contributed by atoms with Crippen LogP contribution in [0.2, 0.25) is 0 Å². The lowest BCUT2D eigenvalue weighted by Crippen LogP contribution is -2.17. The lowest BCUT2D eigenvalue weighted by Gasteiger charge is -2.08. The maximum Gasteiger partial charge on any atom is 0.365 e. The first-order valence-corrected chi connectivity index (χ1v) is 11.7. The highest BCUT2D eigenvalue weighted by molar-refractivity contribution is 7.99. The Morgan fingerprint density at radius 2 is 1.38 bits per heavy atom. The van der Waals surface area contributed by atoms with Gasteiger partial charge in [-0.05, 0) is 42.8 Å². The summed E-state index contributed by atoms with van der Waals surface area (Å²) in [6.45, 7) is 2.13. The molecule has 0 unspecified atom stereocenters. The van der Waals surface area contributed by atoms with E-state index in [-0.39, 0.29) is 11.5 Å². The fraction of sp³-hybridized carbons (Fsp3) is 0.222. The van der Waals surface area contributed by atoms with Gasteiger partial charge in [0, 0.05) is 21.8 Å². The molecule has 0 saturated carbocycles. The van der Waals surface area contributed by atoms with E-state index in [2.05, 4.69) is 12.1 Å². The summed E-state index contributed by atoms with van der Waals surface area (Å²) in [5.41, 5.74) is 1.21. The summed E-state index contributed by atoms with van der Waals surface area (Å²) >= 11 is 1.64. The third-order valence-corrected chi connectivity index (χ3v) is 5.87. The maximum atomic E-state index is 12.9. The molecule has 0 spiro atoms. The van der Waals surface area contributed by atoms with Crippen LogP contribution in [-0.4, -0.2) is 17.5 Å². The van der Waals surface area contributed by atoms with E-state index in [4.69, 9.17) is 4.84 Å². The average Bonchev–Trinajstić information content (AvgIpc) is 2.84. The second-order valence-electron chi connectivity index (χ2n) is 7.36. The number of hydrogen-bond acceptors (Lipinski definition) is 5. The second-order valence-corrected chi connectivity index (χ2v) is 8.50. The Kier molecular flexibility index (Phi) is 9.26. The van der Waals surface area contributed by atoms with E-state index >= 15 is 0 Å². The van der Waals surface area contributed by atoms with Crippen LogP contribution in [0.25, 0.3) is 0 Å². The number of carbonyl (C=O) groups is 2. The number of Topliss-reactive ketones (excluding diaryl/α,β-unsaturated/α-hetero) is 1. The summed E-state index contributed by atoms with van der Waals surface area (Å²) in [5.74, 6) is -0.705. The highest BCUT2D eigenvalue weighted by Crippen LogP contribution is 2.27. The molecule has 32 heavy (non-hydrogen) atoms. The molecule has 3 rings (SSSR count). The highest BCUT2D eigenvalue weighted by Gasteiger charge is 2.17. The molecule has 0 bridgehead atoms. The molecule has 0 amide bonds. The fourth-order valence-corrected chi connectivity index (χ4v) is 3.95. The van der Waals surface area contributed by atoms with Crippen molar-refractivity contribution >= 4 is 29.2 Å². The summed E-state index contributed by atoms with van der Waals surface area (Å²) in [7, 11) is 0. The fourth-order valence-electron chi connectivity index (χ4n) is 3.11. The average molecular weight is 446 g/mol. The Bertz CT molecular complexity index is 1030. The predicted molar refractivity (Wildman–Crippen MR) is 129 cm³/mol. The SMILES string of the molecule is CCCCCCC(=O)C(=NOC(=O)c1ccccc1)c1ccc(Sc2ccccc2)cc1. The van der Waals surface area contributed by atoms with Gasteiger partial charge in [-0.1, -0.05) is 91.6 Å². The Hall–Kier alpha value is -3.18. The van der Waals surface area contributed by atoms with Gasteiger partial charge in [0.05, 0.1) is 5.56 Å². The van der Waals surface area contributed by atoms with E-state index in [1.807, 2.05) is 60.7 Å². The summed E-state index contributed by atoms with van der Waals surface area (Å²) in [5, 5.41) is 3.99. The van der Waals surface area contributed by atoms with Crippen LogP contribution >= 0.6 is 11.8 Å². The van der Waals surface area contributed by atoms with Gasteiger partial charge >= 0.3 is 5.97 Å². The minimum Gasteiger partial charge on any atom is -0.312 e. The zero-order valence-electron chi connectivity index (χ0n) is 18.2. The Morgan fingerprint density at radius 3 is 2.03 bits per heavy atom. The minimum atomic E-state index is -0.585. The Morgan fingerprint density at radius 1 is 0.750 bits per heavy atom. The third kappa shape index (κ3) is 7.20. The summed E-state index contributed by atoms with van der Waals surface area (Å²) in [4.78, 5) is 32.6. The van der Waals surface area contributed by atoms with Crippen molar-refractivity contribution in [3.63, 3.8) is 0 Å². The molecule has 0 N–H and O–H groups in total. The zero-order chi connectivity index (χ0) is 22.6. The lowest BCUT2D eigenvalue weighted by molar-refractivity contribution is -0.113. The topological polar surface area (TPSA) is 55.7 Å². The molecule has 3 aromatic rings. The van der Waals surface area contributed by atoms with Crippen molar-refractivity contribution in [2.45, 2.75) is 48.8 Å². The molecule has 0 radical (unpaired) electrons. The minimum absolute atomic E-state index is 0.120. The first kappa shape index (κ1) is 23.5. The van der Waals surface area contributed by atoms with Crippen molar-refractivity contribution in [1.82, 2.24) is 0 Å². The van der Waals surface area contributed by atoms with E-state index in [1.54, 1.807) is 36.0 Å². The summed E-state index contributed by atoms with van der Waals surface area (Å²) in [6.07, 6.45) is 4.35. The number of benzene rings is 3. The molecular formula is C27H27NO3S. The highest BCUT2D eigenvalue weighted by atomic mass is 32.2. The van der Waals surface area contributed by atoms with E-state index in [9.17, 15) is 9.59 Å². The predicted octanol–water partition coefficient (Wildman–Crippen LogP) is 6.94. The Labute approximate surface area is 193 Å². The van der Waals surface area contributed by atoms with Gasteiger partial charge in [0.1, 0.15) is 0 Å². The van der Waals surface area contributed by atoms with Gasteiger partial charge in [0.25, 0.3) is 0 Å². The number of unbranched alkanes of at least 4 members (excludes halogenated alkanes) is 3. The molecule has 0 atom stereocenters. The van der Waals surface area contributed by atoms with Crippen molar-refractivity contribution in [2.24, 2.45) is 5.16 Å². The second kappa shape index (κ2) is 12.6. The first-order chi connectivity index (χ1) is 15.7. The number of rotatable bonds is 11. The van der Waals surface area contributed by atoms with Gasteiger partial charge in [0.15, 0.2) is 11.5 Å². The standard InChI is InChI=1S/C27H27NO3S/c1-2-3-4-11-16-25(29)26(28-31-27(30)22-12-7-5-8-13-22)21-17-19-24(20-18-21)32-23-14-9-6-10-15-23/h5-10,12-15,17-20H,2-4,11,16H2,1H3. The normalized spacial score (nSPS) is 11.2. The molecule has 164 valence electrons. The van der Waals surface area contributed by atoms with E-state index < -0.39 is 5.97 Å². The van der Waals surface area contributed by atoms with Crippen LogP contribution < -0.4 is 0 Å². The maximum absolute atomic E-state index is 12.9. The monoisotopic (exact) mass is 445 g/mol. The molecule has 0 heterocycles. The van der Waals surface area contributed by atoms with E-state index in [0.29, 0.717) is 17.5 Å². The molecule has 0 aliphatic heterocycles. The molecule has 0 aliphatic rings. The van der Waals surface area contributed by atoms with Crippen LogP contribution in [0.1, 0.15) is 54.9 Å². The number of carbonyl (C=O) groups excluding carboxylic acids is 2. The molecule has 0 aromatic heterocycles. The van der Waals surface area contributed by atoms with Gasteiger partial charge in [-0.3, -0.25) is 4.79 Å². The largest absolute Gasteiger partial charge is 0.365 e. The van der Waals surface area contributed by atoms with Crippen LogP contribution in [0.3, 0.4) is 0 Å². The van der Waals surface area contributed by atoms with E-state index in [1.165, 1.54) is 0 Å². The van der Waals surface area contributed by atoms with Gasteiger partial charge < -0.3 is 4.84 Å². The van der Waals surface area contributed by atoms with Crippen LogP contribution in [0.4, 0.5) is 0 Å². The molecule has 5 heteroatoms. The first-order valence-electron chi connectivity index (χ1n) is 10.9. The van der Waals surface area contributed by atoms with Crippen molar-refractivity contribution in [3.05, 3.63) is 96.1 Å². The summed E-state index contributed by atoms with van der Waals surface area (Å²) in [6, 6.07) is 26.3. The van der Waals surface area contributed by atoms with Crippen molar-refractivity contribution in [1.29, 1.82) is 0 Å². The van der Waals surface area contributed by atoms with Crippen molar-refractivity contribution < 1.29 is 14.4 Å². The quantitative estimate of drug-likeness (QED) is 0.139. The number of hydrogen-bond donors (Lipinski definition) is 0. The zero-order valence-corrected chi connectivity index (χ0v) is 19.0. The van der Waals surface area contributed by atoms with Crippen LogP contribution in [-0.2, 0) is 9.63 Å². The third-order valence-electron chi connectivity index (χ3n) is 4.86. The van der Waals surface area contributed by atoms with Crippen LogP contribution in [0, 0.1) is 0 Å². The smallest absolute Gasteiger partial charge is 0.312 e. The number of oxime groups is 1. The molecule has 0 saturated heterocycles. The molecular weight excluding hydrogens is 418 g/mol. The van der Waals surface area contributed by atoms with Gasteiger partial charge in [-0.2, -0.15) is 0 Å². The summed E-state index contributed by atoms with van der Waals surface area (Å²) < 4.78 is 0. The van der Waals surface area contributed by atoms with Gasteiger partial charge in [-0.15, -0.1) is 0 Å². The van der Waals surface area contributed by atoms with Crippen molar-refractivity contribution in [2.75, 3.05) is 0 Å². The number of nitrogens with zero attached hydrogens (tertiary/aromatic N) is 1. The Balaban J connectivity index is 1.76. The lowest BCUT2D eigenvalue weighted by atomic mass is 10.0. The molecule has 0 fully saturated rings. The van der Waals surface area contributed by atoms with Crippen LogP contribution in [0.15, 0.2) is 99.9 Å². The molecule has 0 aliphatic carbocycles.